The van der Waals surface area contributed by atoms with Crippen molar-refractivity contribution in [3.8, 4) is 5.75 Å². The molecule has 2 aromatic carbocycles. The van der Waals surface area contributed by atoms with Gasteiger partial charge in [-0.3, -0.25) is 9.59 Å². The smallest absolute Gasteiger partial charge is 0.251 e. The summed E-state index contributed by atoms with van der Waals surface area (Å²) >= 11 is 0. The highest BCUT2D eigenvalue weighted by Gasteiger charge is 2.35. The fraction of sp³-hybridized carbons (Fsp3) is 0.500. The fourth-order valence-electron chi connectivity index (χ4n) is 5.09. The Morgan fingerprint density at radius 2 is 1.97 bits per heavy atom. The van der Waals surface area contributed by atoms with Crippen LogP contribution >= 0.6 is 0 Å². The molecule has 0 aromatic heterocycles. The van der Waals surface area contributed by atoms with E-state index in [-0.39, 0.29) is 30.0 Å². The molecule has 0 bridgehead atoms. The number of halogens is 2. The van der Waals surface area contributed by atoms with Gasteiger partial charge in [-0.2, -0.15) is 0 Å². The maximum Gasteiger partial charge on any atom is 0.251 e. The predicted octanol–water partition coefficient (Wildman–Crippen LogP) is 2.96. The number of nitrogens with one attached hydrogen (secondary N) is 2. The minimum absolute atomic E-state index is 0.00167. The number of aliphatic hydroxyl groups is 1. The van der Waals surface area contributed by atoms with Crippen LogP contribution < -0.4 is 20.3 Å². The first kappa shape index (κ1) is 27.9. The Balaban J connectivity index is 1.57. The van der Waals surface area contributed by atoms with E-state index in [1.807, 2.05) is 6.92 Å². The van der Waals surface area contributed by atoms with Crippen LogP contribution in [0, 0.1) is 11.6 Å². The summed E-state index contributed by atoms with van der Waals surface area (Å²) in [5, 5.41) is 17.4. The summed E-state index contributed by atoms with van der Waals surface area (Å²) in [7, 11) is 1.47. The molecule has 0 saturated carbocycles. The van der Waals surface area contributed by atoms with Crippen LogP contribution in [0.2, 0.25) is 0 Å². The summed E-state index contributed by atoms with van der Waals surface area (Å²) in [6.45, 7) is 3.73. The molecule has 38 heavy (non-hydrogen) atoms. The number of ether oxygens (including phenoxy) is 2. The van der Waals surface area contributed by atoms with Crippen molar-refractivity contribution in [3.63, 3.8) is 0 Å². The second-order valence-corrected chi connectivity index (χ2v) is 9.86. The van der Waals surface area contributed by atoms with Gasteiger partial charge in [-0.25, -0.2) is 8.78 Å². The number of hydrogen-bond acceptors (Lipinski definition) is 6. The number of carbonyl (C=O) groups is 2. The number of amides is 2. The van der Waals surface area contributed by atoms with E-state index in [1.54, 1.807) is 23.1 Å². The third-order valence-electron chi connectivity index (χ3n) is 6.98. The molecule has 10 heteroatoms. The highest BCUT2D eigenvalue weighted by atomic mass is 19.1. The van der Waals surface area contributed by atoms with Gasteiger partial charge >= 0.3 is 0 Å². The van der Waals surface area contributed by atoms with E-state index < -0.39 is 29.7 Å². The van der Waals surface area contributed by atoms with Gasteiger partial charge in [0.15, 0.2) is 0 Å². The van der Waals surface area contributed by atoms with Crippen LogP contribution in [0.5, 0.6) is 5.75 Å². The lowest BCUT2D eigenvalue weighted by atomic mass is 9.94. The maximum absolute atomic E-state index is 13.9. The quantitative estimate of drug-likeness (QED) is 0.412. The molecule has 4 atom stereocenters. The van der Waals surface area contributed by atoms with Crippen LogP contribution in [0.4, 0.5) is 14.5 Å². The van der Waals surface area contributed by atoms with Gasteiger partial charge < -0.3 is 30.1 Å². The number of aliphatic hydroxyl groups excluding tert-OH is 1. The van der Waals surface area contributed by atoms with Crippen molar-refractivity contribution in [2.75, 3.05) is 31.7 Å². The molecule has 0 unspecified atom stereocenters. The SMILES string of the molecule is CCCO[C@H]1CN[C@@H]([C@@H](O)[C@H](Cc2cc(F)cc(F)c2)NC(=O)c2cc(OC)cc(N3CCCC3=O)c2)C1. The summed E-state index contributed by atoms with van der Waals surface area (Å²) in [6.07, 6.45) is 1.44. The van der Waals surface area contributed by atoms with Crippen LogP contribution in [0.15, 0.2) is 36.4 Å². The maximum atomic E-state index is 13.9. The standard InChI is InChI=1S/C28H35F2N3O5/c1-3-7-38-23-15-24(31-16-23)27(35)25(10-17-8-19(29)13-20(30)9-17)32-28(36)18-11-21(14-22(12-18)37-2)33-6-4-5-26(33)34/h8-9,11-14,23-25,27,31,35H,3-7,10,15-16H2,1-2H3,(H,32,36)/t23-,24-,25+,27-/m1/s1. The lowest BCUT2D eigenvalue weighted by molar-refractivity contribution is -0.117. The summed E-state index contributed by atoms with van der Waals surface area (Å²) in [4.78, 5) is 27.4. The normalized spacial score (nSPS) is 21.0. The molecule has 2 saturated heterocycles. The third-order valence-corrected chi connectivity index (χ3v) is 6.98. The molecule has 2 aliphatic heterocycles. The average Bonchev–Trinajstić information content (AvgIpc) is 3.54. The zero-order valence-corrected chi connectivity index (χ0v) is 21.7. The molecule has 206 valence electrons. The zero-order chi connectivity index (χ0) is 27.2. The number of hydrogen-bond donors (Lipinski definition) is 3. The van der Waals surface area contributed by atoms with Gasteiger partial charge in [-0.05, 0) is 55.5 Å². The first-order chi connectivity index (χ1) is 18.3. The van der Waals surface area contributed by atoms with Crippen LogP contribution in [0.1, 0.15) is 48.5 Å². The summed E-state index contributed by atoms with van der Waals surface area (Å²) in [5.41, 5.74) is 1.09. The molecule has 0 aliphatic carbocycles. The molecule has 0 spiro atoms. The van der Waals surface area contributed by atoms with Gasteiger partial charge in [0.25, 0.3) is 5.91 Å². The Kier molecular flexibility index (Phi) is 9.30. The molecular weight excluding hydrogens is 496 g/mol. The van der Waals surface area contributed by atoms with Crippen molar-refractivity contribution in [1.82, 2.24) is 10.6 Å². The van der Waals surface area contributed by atoms with Crippen molar-refractivity contribution in [2.24, 2.45) is 0 Å². The third kappa shape index (κ3) is 6.86. The fourth-order valence-corrected chi connectivity index (χ4v) is 5.09. The molecule has 3 N–H and O–H groups in total. The molecule has 2 heterocycles. The lowest BCUT2D eigenvalue weighted by Gasteiger charge is -2.29. The van der Waals surface area contributed by atoms with Gasteiger partial charge in [-0.1, -0.05) is 6.92 Å². The molecular formula is C28H35F2N3O5. The molecule has 0 radical (unpaired) electrons. The van der Waals surface area contributed by atoms with Gasteiger partial charge in [0.1, 0.15) is 17.4 Å². The van der Waals surface area contributed by atoms with E-state index in [0.29, 0.717) is 49.5 Å². The van der Waals surface area contributed by atoms with Gasteiger partial charge in [-0.15, -0.1) is 0 Å². The number of methoxy groups -OCH3 is 1. The topological polar surface area (TPSA) is 100 Å². The minimum atomic E-state index is -1.06. The Hall–Kier alpha value is -3.08. The average molecular weight is 532 g/mol. The zero-order valence-electron chi connectivity index (χ0n) is 21.7. The molecule has 2 amide bonds. The highest BCUT2D eigenvalue weighted by Crippen LogP contribution is 2.28. The van der Waals surface area contributed by atoms with Crippen molar-refractivity contribution in [1.29, 1.82) is 0 Å². The summed E-state index contributed by atoms with van der Waals surface area (Å²) < 4.78 is 39.0. The number of nitrogens with zero attached hydrogens (tertiary/aromatic N) is 1. The number of rotatable bonds is 11. The highest BCUT2D eigenvalue weighted by molar-refractivity contribution is 5.99. The van der Waals surface area contributed by atoms with E-state index in [9.17, 15) is 23.5 Å². The minimum Gasteiger partial charge on any atom is -0.497 e. The van der Waals surface area contributed by atoms with Crippen molar-refractivity contribution >= 4 is 17.5 Å². The molecule has 2 aliphatic rings. The Bertz CT molecular complexity index is 1130. The summed E-state index contributed by atoms with van der Waals surface area (Å²) in [5.74, 6) is -1.60. The predicted molar refractivity (Wildman–Crippen MR) is 138 cm³/mol. The number of anilines is 1. The summed E-state index contributed by atoms with van der Waals surface area (Å²) in [6, 6.07) is 6.75. The van der Waals surface area contributed by atoms with Crippen molar-refractivity contribution < 1.29 is 33.0 Å². The van der Waals surface area contributed by atoms with E-state index in [2.05, 4.69) is 10.6 Å². The van der Waals surface area contributed by atoms with Crippen LogP contribution in [0.25, 0.3) is 0 Å². The second kappa shape index (κ2) is 12.6. The van der Waals surface area contributed by atoms with Crippen molar-refractivity contribution in [3.05, 3.63) is 59.2 Å². The Morgan fingerprint density at radius 1 is 1.21 bits per heavy atom. The van der Waals surface area contributed by atoms with Gasteiger partial charge in [0.05, 0.1) is 25.4 Å². The second-order valence-electron chi connectivity index (χ2n) is 9.86. The Labute approximate surface area is 221 Å². The van der Waals surface area contributed by atoms with Gasteiger partial charge in [0.2, 0.25) is 5.91 Å². The van der Waals surface area contributed by atoms with E-state index >= 15 is 0 Å². The van der Waals surface area contributed by atoms with Crippen LogP contribution in [-0.4, -0.2) is 68.0 Å². The molecule has 2 fully saturated rings. The van der Waals surface area contributed by atoms with Gasteiger partial charge in [0, 0.05) is 55.5 Å². The molecule has 2 aromatic rings. The largest absolute Gasteiger partial charge is 0.497 e. The molecule has 4 rings (SSSR count). The lowest BCUT2D eigenvalue weighted by Crippen LogP contribution is -2.52. The first-order valence-electron chi connectivity index (χ1n) is 13.1. The number of carbonyl (C=O) groups excluding carboxylic acids is 2. The Morgan fingerprint density at radius 3 is 2.63 bits per heavy atom. The molecule has 8 nitrogen and oxygen atoms in total. The van der Waals surface area contributed by atoms with E-state index in [0.717, 1.165) is 18.9 Å². The van der Waals surface area contributed by atoms with Crippen molar-refractivity contribution in [2.45, 2.75) is 63.3 Å². The van der Waals surface area contributed by atoms with E-state index in [4.69, 9.17) is 9.47 Å². The first-order valence-corrected chi connectivity index (χ1v) is 13.1. The van der Waals surface area contributed by atoms with Crippen LogP contribution in [-0.2, 0) is 16.0 Å². The monoisotopic (exact) mass is 531 g/mol. The number of benzene rings is 2. The van der Waals surface area contributed by atoms with Crippen LogP contribution in [0.3, 0.4) is 0 Å². The van der Waals surface area contributed by atoms with E-state index in [1.165, 1.54) is 19.2 Å².